The van der Waals surface area contributed by atoms with Gasteiger partial charge in [-0.05, 0) is 77.0 Å². The number of esters is 2. The number of unbranched alkanes of at least 4 members (excludes halogenated alkanes) is 23. The summed E-state index contributed by atoms with van der Waals surface area (Å²) in [5.74, 6) is -1.49. The molecule has 64 heavy (non-hydrogen) atoms. The third-order valence-electron chi connectivity index (χ3n) is 11.7. The molecule has 0 aromatic heterocycles. The second-order valence-electron chi connectivity index (χ2n) is 18.7. The van der Waals surface area contributed by atoms with E-state index in [0.717, 1.165) is 77.0 Å². The Bertz CT molecular complexity index is 1230. The number of carbonyl (C=O) groups is 3. The Kier molecular flexibility index (Phi) is 44.4. The van der Waals surface area contributed by atoms with E-state index in [1.54, 1.807) is 0 Å². The number of nitrogens with zero attached hydrogens (tertiary/aromatic N) is 1. The van der Waals surface area contributed by atoms with Gasteiger partial charge in [0.05, 0.1) is 34.4 Å². The van der Waals surface area contributed by atoms with Crippen LogP contribution in [0.3, 0.4) is 0 Å². The number of allylic oxidation sites excluding steroid dienone is 10. The summed E-state index contributed by atoms with van der Waals surface area (Å²) in [5.41, 5.74) is 0. The molecule has 0 spiro atoms. The third kappa shape index (κ3) is 44.2. The molecule has 8 heteroatoms. The number of quaternary nitrogens is 1. The molecule has 8 nitrogen and oxygen atoms in total. The summed E-state index contributed by atoms with van der Waals surface area (Å²) >= 11 is 0. The number of hydrogen-bond acceptors (Lipinski definition) is 6. The molecule has 2 unspecified atom stereocenters. The van der Waals surface area contributed by atoms with Crippen molar-refractivity contribution in [1.29, 1.82) is 0 Å². The molecule has 0 heterocycles. The summed E-state index contributed by atoms with van der Waals surface area (Å²) in [5, 5.41) is 9.66. The van der Waals surface area contributed by atoms with Gasteiger partial charge >= 0.3 is 17.9 Å². The van der Waals surface area contributed by atoms with Crippen LogP contribution < -0.4 is 0 Å². The molecule has 0 aliphatic rings. The Morgan fingerprint density at radius 2 is 0.875 bits per heavy atom. The van der Waals surface area contributed by atoms with Crippen molar-refractivity contribution in [3.63, 3.8) is 0 Å². The SMILES string of the molecule is CC/C=C/C/C=C/C/C=C/C/C=C/CCCCCCCCC(=O)OCC(COCCC(C(=O)O)[N+](C)(C)C)OC(=O)CCCCCCCCC/C=C/CCCCCCCCCCCC. The monoisotopic (exact) mass is 899 g/mol. The highest BCUT2D eigenvalue weighted by Gasteiger charge is 2.31. The second kappa shape index (κ2) is 46.6. The van der Waals surface area contributed by atoms with Crippen molar-refractivity contribution in [3.8, 4) is 0 Å². The van der Waals surface area contributed by atoms with Crippen molar-refractivity contribution in [3.05, 3.63) is 60.8 Å². The number of likely N-dealkylation sites (N-methyl/N-ethyl adjacent to an activating group) is 1. The molecular formula is C56H100NO7+. The molecule has 370 valence electrons. The minimum absolute atomic E-state index is 0.0535. The highest BCUT2D eigenvalue weighted by molar-refractivity contribution is 5.72. The fraction of sp³-hybridized carbons (Fsp3) is 0.768. The van der Waals surface area contributed by atoms with E-state index in [1.165, 1.54) is 116 Å². The van der Waals surface area contributed by atoms with Gasteiger partial charge in [0, 0.05) is 19.3 Å². The number of rotatable bonds is 47. The summed E-state index contributed by atoms with van der Waals surface area (Å²) in [6.45, 7) is 4.63. The highest BCUT2D eigenvalue weighted by atomic mass is 16.6. The van der Waals surface area contributed by atoms with E-state index >= 15 is 0 Å². The number of ether oxygens (including phenoxy) is 3. The Morgan fingerprint density at radius 3 is 1.31 bits per heavy atom. The molecule has 0 aromatic rings. The maximum atomic E-state index is 12.8. The average molecular weight is 899 g/mol. The average Bonchev–Trinajstić information content (AvgIpc) is 3.26. The van der Waals surface area contributed by atoms with E-state index in [4.69, 9.17) is 14.2 Å². The van der Waals surface area contributed by atoms with E-state index < -0.39 is 18.1 Å². The van der Waals surface area contributed by atoms with Gasteiger partial charge in [0.25, 0.3) is 0 Å². The van der Waals surface area contributed by atoms with Crippen molar-refractivity contribution < 1.29 is 38.2 Å². The predicted molar refractivity (Wildman–Crippen MR) is 271 cm³/mol. The van der Waals surface area contributed by atoms with E-state index in [1.807, 2.05) is 21.1 Å². The molecule has 1 N–H and O–H groups in total. The molecule has 0 fully saturated rings. The zero-order valence-corrected chi connectivity index (χ0v) is 42.2. The van der Waals surface area contributed by atoms with Crippen molar-refractivity contribution in [2.24, 2.45) is 0 Å². The van der Waals surface area contributed by atoms with Crippen LogP contribution in [0.2, 0.25) is 0 Å². The Labute approximate surface area is 394 Å². The maximum absolute atomic E-state index is 12.8. The van der Waals surface area contributed by atoms with E-state index in [-0.39, 0.29) is 36.2 Å². The van der Waals surface area contributed by atoms with E-state index in [9.17, 15) is 19.5 Å². The van der Waals surface area contributed by atoms with Crippen LogP contribution in [-0.4, -0.2) is 80.6 Å². The molecule has 0 aliphatic carbocycles. The van der Waals surface area contributed by atoms with Gasteiger partial charge in [-0.1, -0.05) is 190 Å². The Hall–Kier alpha value is -2.97. The molecule has 0 bridgehead atoms. The fourth-order valence-electron chi connectivity index (χ4n) is 7.61. The summed E-state index contributed by atoms with van der Waals surface area (Å²) in [6.07, 6.45) is 58.4. The molecule has 0 amide bonds. The standard InChI is InChI=1S/C56H99NO7/c1-6-8-10-12-14-16-18-20-22-24-26-27-29-31-33-35-37-39-41-43-45-47-55(59)64-52(50-62-49-48-53(56(60)61)57(3,4)5)51-63-54(58)46-44-42-40-38-36-34-32-30-28-25-23-21-19-17-15-13-11-9-7-2/h9,11,15,17,21,23,27-30,52-53H,6-8,10,12-14,16,18-20,22,24-26,31-51H2,1-5H3/p+1/b11-9+,17-15+,23-21+,29-27+,30-28+. The Morgan fingerprint density at radius 1 is 0.484 bits per heavy atom. The van der Waals surface area contributed by atoms with Crippen molar-refractivity contribution in [1.82, 2.24) is 0 Å². The van der Waals surface area contributed by atoms with Gasteiger partial charge in [-0.25, -0.2) is 4.79 Å². The van der Waals surface area contributed by atoms with Crippen LogP contribution in [0.15, 0.2) is 60.8 Å². The number of aliphatic carboxylic acids is 1. The number of carboxylic acid groups (broad SMARTS) is 1. The van der Waals surface area contributed by atoms with Gasteiger partial charge < -0.3 is 23.8 Å². The van der Waals surface area contributed by atoms with Crippen LogP contribution in [0, 0.1) is 0 Å². The van der Waals surface area contributed by atoms with Crippen LogP contribution in [-0.2, 0) is 28.6 Å². The lowest BCUT2D eigenvalue weighted by Crippen LogP contribution is -2.50. The molecular weight excluding hydrogens is 799 g/mol. The lowest BCUT2D eigenvalue weighted by Gasteiger charge is -2.31. The van der Waals surface area contributed by atoms with Gasteiger partial charge in [-0.15, -0.1) is 0 Å². The maximum Gasteiger partial charge on any atom is 0.362 e. The molecule has 0 rings (SSSR count). The molecule has 0 aliphatic heterocycles. The van der Waals surface area contributed by atoms with Gasteiger partial charge in [0.1, 0.15) is 6.61 Å². The van der Waals surface area contributed by atoms with Crippen molar-refractivity contribution in [2.45, 2.75) is 238 Å². The van der Waals surface area contributed by atoms with Crippen LogP contribution in [0.25, 0.3) is 0 Å². The first-order chi connectivity index (χ1) is 31.1. The van der Waals surface area contributed by atoms with E-state index in [2.05, 4.69) is 74.6 Å². The van der Waals surface area contributed by atoms with Crippen LogP contribution >= 0.6 is 0 Å². The number of carboxylic acids is 1. The van der Waals surface area contributed by atoms with Crippen LogP contribution in [0.4, 0.5) is 0 Å². The predicted octanol–water partition coefficient (Wildman–Crippen LogP) is 15.3. The van der Waals surface area contributed by atoms with Crippen LogP contribution in [0.1, 0.15) is 226 Å². The lowest BCUT2D eigenvalue weighted by molar-refractivity contribution is -0.887. The first-order valence-electron chi connectivity index (χ1n) is 26.3. The van der Waals surface area contributed by atoms with Gasteiger partial charge in [-0.3, -0.25) is 9.59 Å². The van der Waals surface area contributed by atoms with Crippen molar-refractivity contribution >= 4 is 17.9 Å². The van der Waals surface area contributed by atoms with Gasteiger partial charge in [0.2, 0.25) is 0 Å². The van der Waals surface area contributed by atoms with E-state index in [0.29, 0.717) is 19.3 Å². The Balaban J connectivity index is 4.26. The molecule has 0 radical (unpaired) electrons. The number of carbonyl (C=O) groups excluding carboxylic acids is 2. The fourth-order valence-corrected chi connectivity index (χ4v) is 7.61. The smallest absolute Gasteiger partial charge is 0.362 e. The van der Waals surface area contributed by atoms with Gasteiger partial charge in [-0.2, -0.15) is 0 Å². The second-order valence-corrected chi connectivity index (χ2v) is 18.7. The quantitative estimate of drug-likeness (QED) is 0.0281. The largest absolute Gasteiger partial charge is 0.477 e. The topological polar surface area (TPSA) is 99.1 Å². The summed E-state index contributed by atoms with van der Waals surface area (Å²) in [4.78, 5) is 37.2. The first kappa shape index (κ1) is 61.0. The van der Waals surface area contributed by atoms with Gasteiger partial charge in [0.15, 0.2) is 12.1 Å². The molecule has 0 saturated carbocycles. The normalized spacial score (nSPS) is 13.3. The highest BCUT2D eigenvalue weighted by Crippen LogP contribution is 2.15. The molecule has 0 saturated heterocycles. The third-order valence-corrected chi connectivity index (χ3v) is 11.7. The lowest BCUT2D eigenvalue weighted by atomic mass is 10.1. The summed E-state index contributed by atoms with van der Waals surface area (Å²) in [7, 11) is 5.53. The summed E-state index contributed by atoms with van der Waals surface area (Å²) in [6, 6.07) is -0.620. The minimum atomic E-state index is -0.878. The zero-order chi connectivity index (χ0) is 47.0. The molecule has 2 atom stereocenters. The number of hydrogen-bond donors (Lipinski definition) is 1. The zero-order valence-electron chi connectivity index (χ0n) is 42.2. The minimum Gasteiger partial charge on any atom is -0.477 e. The summed E-state index contributed by atoms with van der Waals surface area (Å²) < 4.78 is 17.4. The molecule has 0 aromatic carbocycles. The van der Waals surface area contributed by atoms with Crippen molar-refractivity contribution in [2.75, 3.05) is 41.0 Å². The van der Waals surface area contributed by atoms with Crippen LogP contribution in [0.5, 0.6) is 0 Å². The first-order valence-corrected chi connectivity index (χ1v) is 26.3.